The average molecular weight is 485 g/mol. The van der Waals surface area contributed by atoms with Crippen molar-refractivity contribution in [2.75, 3.05) is 19.7 Å². The predicted octanol–water partition coefficient (Wildman–Crippen LogP) is 4.22. The maximum Gasteiger partial charge on any atom is 0.278 e. The Labute approximate surface area is 195 Å². The normalized spacial score (nSPS) is 21.1. The molecule has 1 fully saturated rings. The molecule has 32 heavy (non-hydrogen) atoms. The molecule has 176 valence electrons. The van der Waals surface area contributed by atoms with Crippen molar-refractivity contribution < 1.29 is 18.3 Å². The summed E-state index contributed by atoms with van der Waals surface area (Å²) in [6.07, 6.45) is 7.52. The number of nitrogens with zero attached hydrogens (tertiary/aromatic N) is 3. The van der Waals surface area contributed by atoms with Gasteiger partial charge in [-0.15, -0.1) is 11.3 Å². The Kier molecular flexibility index (Phi) is 7.41. The number of thiazole rings is 2. The van der Waals surface area contributed by atoms with Gasteiger partial charge in [0.05, 0.1) is 17.1 Å². The van der Waals surface area contributed by atoms with Gasteiger partial charge in [-0.05, 0) is 51.5 Å². The molecule has 2 aliphatic rings. The Bertz CT molecular complexity index is 921. The van der Waals surface area contributed by atoms with Crippen LogP contribution in [0.5, 0.6) is 5.19 Å². The quantitative estimate of drug-likeness (QED) is 0.547. The van der Waals surface area contributed by atoms with Crippen LogP contribution in [0.2, 0.25) is 0 Å². The van der Waals surface area contributed by atoms with Gasteiger partial charge in [0.2, 0.25) is 5.91 Å². The van der Waals surface area contributed by atoms with Gasteiger partial charge in [0.15, 0.2) is 6.61 Å². The minimum Gasteiger partial charge on any atom is -0.464 e. The van der Waals surface area contributed by atoms with E-state index < -0.39 is 12.5 Å². The summed E-state index contributed by atoms with van der Waals surface area (Å²) >= 11 is 2.97. The van der Waals surface area contributed by atoms with Crippen LogP contribution >= 0.6 is 22.7 Å². The second kappa shape index (κ2) is 10.1. The lowest BCUT2D eigenvalue weighted by molar-refractivity contribution is -0.122. The van der Waals surface area contributed by atoms with E-state index >= 15 is 0 Å². The molecule has 0 spiro atoms. The summed E-state index contributed by atoms with van der Waals surface area (Å²) in [5, 5.41) is 4.49. The van der Waals surface area contributed by atoms with Crippen molar-refractivity contribution in [3.05, 3.63) is 26.7 Å². The molecule has 2 aromatic heterocycles. The number of hydrogen-bond donors (Lipinski definition) is 1. The number of halogens is 2. The number of amides is 1. The molecule has 0 atom stereocenters. The highest BCUT2D eigenvalue weighted by atomic mass is 32.1. The third kappa shape index (κ3) is 6.68. The van der Waals surface area contributed by atoms with Crippen molar-refractivity contribution in [3.8, 4) is 5.19 Å². The molecule has 3 heterocycles. The van der Waals surface area contributed by atoms with Gasteiger partial charge in [-0.2, -0.15) is 0 Å². The van der Waals surface area contributed by atoms with Gasteiger partial charge in [-0.25, -0.2) is 18.7 Å². The van der Waals surface area contributed by atoms with E-state index in [-0.39, 0.29) is 5.91 Å². The van der Waals surface area contributed by atoms with Crippen LogP contribution in [0, 0.1) is 12.8 Å². The van der Waals surface area contributed by atoms with Crippen LogP contribution < -0.4 is 10.1 Å². The van der Waals surface area contributed by atoms with Crippen molar-refractivity contribution in [1.82, 2.24) is 20.2 Å². The zero-order chi connectivity index (χ0) is 22.7. The molecule has 0 unspecified atom stereocenters. The van der Waals surface area contributed by atoms with Crippen molar-refractivity contribution in [2.24, 2.45) is 5.92 Å². The Balaban J connectivity index is 1.10. The standard InChI is InChI=1S/C22H30F2N4O2S2/c1-14-25-11-17(31-14)10-20(29)26-16-8-15(9-16)4-3-6-28-7-5-19-18(12-28)27-21(32-19)30-13-22(2,23)24/h11,15-16H,3-10,12-13H2,1-2H3,(H,26,29)/t15-,16+. The van der Waals surface area contributed by atoms with E-state index in [0.29, 0.717) is 23.6 Å². The first kappa shape index (κ1) is 23.5. The summed E-state index contributed by atoms with van der Waals surface area (Å²) < 4.78 is 31.1. The monoisotopic (exact) mass is 484 g/mol. The maximum absolute atomic E-state index is 13.0. The fourth-order valence-electron chi connectivity index (χ4n) is 4.29. The van der Waals surface area contributed by atoms with Gasteiger partial charge < -0.3 is 10.1 Å². The summed E-state index contributed by atoms with van der Waals surface area (Å²) in [5.74, 6) is -2.07. The van der Waals surface area contributed by atoms with Crippen molar-refractivity contribution in [1.29, 1.82) is 0 Å². The van der Waals surface area contributed by atoms with Gasteiger partial charge in [0.1, 0.15) is 0 Å². The Hall–Kier alpha value is -1.65. The minimum absolute atomic E-state index is 0.0930. The first-order valence-electron chi connectivity index (χ1n) is 11.2. The molecule has 2 aromatic rings. The number of nitrogens with one attached hydrogen (secondary N) is 1. The van der Waals surface area contributed by atoms with Crippen molar-refractivity contribution >= 4 is 28.6 Å². The second-order valence-corrected chi connectivity index (χ2v) is 11.4. The predicted molar refractivity (Wildman–Crippen MR) is 122 cm³/mol. The minimum atomic E-state index is -2.85. The summed E-state index contributed by atoms with van der Waals surface area (Å²) in [4.78, 5) is 25.3. The number of aromatic nitrogens is 2. The molecule has 1 aliphatic carbocycles. The molecule has 1 amide bonds. The summed E-state index contributed by atoms with van der Waals surface area (Å²) in [5.41, 5.74) is 0.971. The molecule has 0 bridgehead atoms. The van der Waals surface area contributed by atoms with Crippen LogP contribution in [-0.4, -0.2) is 52.4 Å². The van der Waals surface area contributed by atoms with E-state index in [2.05, 4.69) is 20.2 Å². The topological polar surface area (TPSA) is 67.4 Å². The Morgan fingerprint density at radius 2 is 2.19 bits per heavy atom. The lowest BCUT2D eigenvalue weighted by Crippen LogP contribution is -2.45. The van der Waals surface area contributed by atoms with Gasteiger partial charge in [-0.1, -0.05) is 11.3 Å². The fourth-order valence-corrected chi connectivity index (χ4v) is 5.99. The van der Waals surface area contributed by atoms with Crippen LogP contribution in [0.4, 0.5) is 8.78 Å². The summed E-state index contributed by atoms with van der Waals surface area (Å²) in [6.45, 7) is 4.92. The van der Waals surface area contributed by atoms with E-state index in [0.717, 1.165) is 72.7 Å². The number of fused-ring (bicyclic) bond motifs is 1. The Morgan fingerprint density at radius 3 is 2.91 bits per heavy atom. The zero-order valence-electron chi connectivity index (χ0n) is 18.5. The van der Waals surface area contributed by atoms with Crippen molar-refractivity contribution in [2.45, 2.75) is 70.9 Å². The molecule has 1 aliphatic heterocycles. The SMILES string of the molecule is Cc1ncc(CC(=O)N[C@H]2C[C@@H](CCCN3CCc4sc(OCC(C)(F)F)nc4C3)C2)s1. The third-order valence-corrected chi connectivity index (χ3v) is 7.91. The smallest absolute Gasteiger partial charge is 0.278 e. The molecular formula is C22H30F2N4O2S2. The van der Waals surface area contributed by atoms with E-state index in [9.17, 15) is 13.6 Å². The van der Waals surface area contributed by atoms with Crippen LogP contribution in [0.1, 0.15) is 53.1 Å². The van der Waals surface area contributed by atoms with Gasteiger partial charge in [0.25, 0.3) is 11.1 Å². The number of hydrogen-bond acceptors (Lipinski definition) is 7. The zero-order valence-corrected chi connectivity index (χ0v) is 20.2. The lowest BCUT2D eigenvalue weighted by Gasteiger charge is -2.36. The highest BCUT2D eigenvalue weighted by Gasteiger charge is 2.30. The number of alkyl halides is 2. The average Bonchev–Trinajstić information content (AvgIpc) is 3.28. The van der Waals surface area contributed by atoms with Crippen molar-refractivity contribution in [3.63, 3.8) is 0 Å². The molecule has 1 N–H and O–H groups in total. The number of aryl methyl sites for hydroxylation is 1. The lowest BCUT2D eigenvalue weighted by atomic mass is 9.77. The summed E-state index contributed by atoms with van der Waals surface area (Å²) in [7, 11) is 0. The third-order valence-electron chi connectivity index (χ3n) is 5.93. The molecule has 10 heteroatoms. The van der Waals surface area contributed by atoms with E-state index in [1.165, 1.54) is 17.8 Å². The highest BCUT2D eigenvalue weighted by molar-refractivity contribution is 7.13. The largest absolute Gasteiger partial charge is 0.464 e. The number of carbonyl (C=O) groups is 1. The molecule has 0 saturated heterocycles. The van der Waals surface area contributed by atoms with Gasteiger partial charge >= 0.3 is 0 Å². The van der Waals surface area contributed by atoms with E-state index in [1.807, 2.05) is 6.92 Å². The first-order chi connectivity index (χ1) is 15.2. The highest BCUT2D eigenvalue weighted by Crippen LogP contribution is 2.33. The van der Waals surface area contributed by atoms with Gasteiger partial charge in [-0.3, -0.25) is 9.69 Å². The van der Waals surface area contributed by atoms with Crippen LogP contribution in [0.25, 0.3) is 0 Å². The van der Waals surface area contributed by atoms with Gasteiger partial charge in [0, 0.05) is 42.0 Å². The van der Waals surface area contributed by atoms with Crippen LogP contribution in [-0.2, 0) is 24.2 Å². The number of rotatable bonds is 10. The number of carbonyl (C=O) groups excluding carboxylic acids is 1. The Morgan fingerprint density at radius 1 is 1.38 bits per heavy atom. The van der Waals surface area contributed by atoms with E-state index in [1.54, 1.807) is 17.5 Å². The fraction of sp³-hybridized carbons (Fsp3) is 0.682. The maximum atomic E-state index is 13.0. The van der Waals surface area contributed by atoms with E-state index in [4.69, 9.17) is 4.74 Å². The van der Waals surface area contributed by atoms with Crippen LogP contribution in [0.15, 0.2) is 6.20 Å². The number of ether oxygens (including phenoxy) is 1. The second-order valence-electron chi connectivity index (χ2n) is 9.00. The molecule has 0 aromatic carbocycles. The molecule has 0 radical (unpaired) electrons. The first-order valence-corrected chi connectivity index (χ1v) is 12.8. The summed E-state index contributed by atoms with van der Waals surface area (Å²) in [6, 6.07) is 0.308. The van der Waals surface area contributed by atoms with Crippen LogP contribution in [0.3, 0.4) is 0 Å². The molecule has 4 rings (SSSR count). The molecule has 1 saturated carbocycles. The molecular weight excluding hydrogens is 454 g/mol. The molecule has 6 nitrogen and oxygen atoms in total.